The average molecular weight is 352 g/mol. The number of halogens is 3. The summed E-state index contributed by atoms with van der Waals surface area (Å²) in [6, 6.07) is 2.39. The molecule has 2 aliphatic rings. The van der Waals surface area contributed by atoms with E-state index in [4.69, 9.17) is 0 Å². The molecule has 3 rings (SSSR count). The van der Waals surface area contributed by atoms with Gasteiger partial charge >= 0.3 is 0 Å². The molecule has 0 unspecified atom stereocenters. The molecule has 0 spiro atoms. The minimum absolute atomic E-state index is 0.182. The van der Waals surface area contributed by atoms with Crippen LogP contribution in [0.25, 0.3) is 0 Å². The number of benzene rings is 1. The van der Waals surface area contributed by atoms with E-state index in [1.54, 1.807) is 0 Å². The summed E-state index contributed by atoms with van der Waals surface area (Å²) in [5.74, 6) is -0.672. The van der Waals surface area contributed by atoms with E-state index in [1.807, 2.05) is 0 Å². The van der Waals surface area contributed by atoms with Crippen molar-refractivity contribution in [2.45, 2.75) is 83.5 Å². The summed E-state index contributed by atoms with van der Waals surface area (Å²) in [5, 5.41) is 0. The van der Waals surface area contributed by atoms with Gasteiger partial charge in [-0.1, -0.05) is 45.4 Å². The minimum Gasteiger partial charge on any atom is -0.204 e. The second-order valence-electron chi connectivity index (χ2n) is 8.43. The lowest BCUT2D eigenvalue weighted by Gasteiger charge is -2.34. The Labute approximate surface area is 150 Å². The van der Waals surface area contributed by atoms with Crippen LogP contribution in [0.4, 0.5) is 13.2 Å². The zero-order valence-electron chi connectivity index (χ0n) is 15.4. The summed E-state index contributed by atoms with van der Waals surface area (Å²) in [6.07, 6.45) is 13.8. The Morgan fingerprint density at radius 3 is 1.76 bits per heavy atom. The molecule has 140 valence electrons. The Morgan fingerprint density at radius 1 is 0.760 bits per heavy atom. The van der Waals surface area contributed by atoms with Gasteiger partial charge in [0.05, 0.1) is 0 Å². The van der Waals surface area contributed by atoms with E-state index >= 15 is 0 Å². The normalized spacial score (nSPS) is 30.4. The monoisotopic (exact) mass is 352 g/mol. The highest BCUT2D eigenvalue weighted by Crippen LogP contribution is 2.42. The standard InChI is InChI=1S/C22H31F3/c1-2-3-15-4-6-16(7-5-15)12-17-8-10-18(11-9-17)19-13-20(23)22(25)21(24)14-19/h13-18H,2-12H2,1H3. The van der Waals surface area contributed by atoms with Crippen LogP contribution in [0.1, 0.15) is 89.0 Å². The molecule has 1 aromatic carbocycles. The summed E-state index contributed by atoms with van der Waals surface area (Å²) in [6.45, 7) is 2.28. The summed E-state index contributed by atoms with van der Waals surface area (Å²) in [7, 11) is 0. The van der Waals surface area contributed by atoms with Crippen LogP contribution in [0.3, 0.4) is 0 Å². The van der Waals surface area contributed by atoms with Gasteiger partial charge in [0.15, 0.2) is 17.5 Å². The topological polar surface area (TPSA) is 0 Å². The fraction of sp³-hybridized carbons (Fsp3) is 0.727. The first-order chi connectivity index (χ1) is 12.1. The molecule has 0 aliphatic heterocycles. The van der Waals surface area contributed by atoms with E-state index in [0.29, 0.717) is 5.56 Å². The van der Waals surface area contributed by atoms with Crippen LogP contribution in [-0.4, -0.2) is 0 Å². The molecule has 0 nitrogen and oxygen atoms in total. The molecule has 0 saturated heterocycles. The van der Waals surface area contributed by atoms with Crippen molar-refractivity contribution in [3.8, 4) is 0 Å². The third-order valence-electron chi connectivity index (χ3n) is 6.65. The maximum atomic E-state index is 13.5. The van der Waals surface area contributed by atoms with E-state index in [9.17, 15) is 13.2 Å². The molecule has 2 aliphatic carbocycles. The smallest absolute Gasteiger partial charge is 0.194 e. The van der Waals surface area contributed by atoms with Gasteiger partial charge in [0, 0.05) is 0 Å². The van der Waals surface area contributed by atoms with E-state index in [1.165, 1.54) is 57.1 Å². The number of hydrogen-bond acceptors (Lipinski definition) is 0. The molecule has 2 fully saturated rings. The van der Waals surface area contributed by atoms with Gasteiger partial charge in [-0.25, -0.2) is 13.2 Å². The van der Waals surface area contributed by atoms with Crippen LogP contribution in [0.5, 0.6) is 0 Å². The molecular weight excluding hydrogens is 321 g/mol. The second-order valence-corrected chi connectivity index (χ2v) is 8.43. The van der Waals surface area contributed by atoms with Crippen molar-refractivity contribution in [1.29, 1.82) is 0 Å². The predicted octanol–water partition coefficient (Wildman–Crippen LogP) is 7.37. The van der Waals surface area contributed by atoms with Gasteiger partial charge in [0.2, 0.25) is 0 Å². The Bertz CT molecular complexity index is 529. The Morgan fingerprint density at radius 2 is 1.24 bits per heavy atom. The highest BCUT2D eigenvalue weighted by molar-refractivity contribution is 5.23. The van der Waals surface area contributed by atoms with Gasteiger partial charge in [0.1, 0.15) is 0 Å². The van der Waals surface area contributed by atoms with Crippen molar-refractivity contribution in [2.24, 2.45) is 17.8 Å². The van der Waals surface area contributed by atoms with Crippen molar-refractivity contribution in [3.63, 3.8) is 0 Å². The average Bonchev–Trinajstić information content (AvgIpc) is 2.62. The van der Waals surface area contributed by atoms with Crippen LogP contribution < -0.4 is 0 Å². The molecule has 0 amide bonds. The zero-order valence-corrected chi connectivity index (χ0v) is 15.4. The third kappa shape index (κ3) is 4.80. The Balaban J connectivity index is 1.46. The van der Waals surface area contributed by atoms with Crippen LogP contribution in [0, 0.1) is 35.2 Å². The maximum absolute atomic E-state index is 13.5. The molecule has 0 heterocycles. The fourth-order valence-electron chi connectivity index (χ4n) is 5.18. The van der Waals surface area contributed by atoms with Crippen molar-refractivity contribution in [1.82, 2.24) is 0 Å². The van der Waals surface area contributed by atoms with Crippen molar-refractivity contribution < 1.29 is 13.2 Å². The minimum atomic E-state index is -1.35. The Kier molecular flexibility index (Phi) is 6.46. The van der Waals surface area contributed by atoms with E-state index in [0.717, 1.165) is 43.4 Å². The van der Waals surface area contributed by atoms with Crippen LogP contribution in [0.15, 0.2) is 12.1 Å². The second kappa shape index (κ2) is 8.60. The fourth-order valence-corrected chi connectivity index (χ4v) is 5.18. The van der Waals surface area contributed by atoms with Gasteiger partial charge < -0.3 is 0 Å². The van der Waals surface area contributed by atoms with Gasteiger partial charge in [0.25, 0.3) is 0 Å². The quantitative estimate of drug-likeness (QED) is 0.485. The van der Waals surface area contributed by atoms with Gasteiger partial charge in [-0.05, 0) is 73.5 Å². The molecule has 0 bridgehead atoms. The van der Waals surface area contributed by atoms with Crippen molar-refractivity contribution in [3.05, 3.63) is 35.1 Å². The van der Waals surface area contributed by atoms with Crippen LogP contribution >= 0.6 is 0 Å². The lowest BCUT2D eigenvalue weighted by atomic mass is 9.72. The molecule has 0 atom stereocenters. The largest absolute Gasteiger partial charge is 0.204 e. The van der Waals surface area contributed by atoms with Crippen molar-refractivity contribution in [2.75, 3.05) is 0 Å². The molecule has 0 aromatic heterocycles. The van der Waals surface area contributed by atoms with Gasteiger partial charge in [-0.3, -0.25) is 0 Å². The number of rotatable bonds is 5. The lowest BCUT2D eigenvalue weighted by molar-refractivity contribution is 0.200. The van der Waals surface area contributed by atoms with Gasteiger partial charge in [-0.15, -0.1) is 0 Å². The maximum Gasteiger partial charge on any atom is 0.194 e. The molecular formula is C22H31F3. The highest BCUT2D eigenvalue weighted by atomic mass is 19.2. The zero-order chi connectivity index (χ0) is 17.8. The van der Waals surface area contributed by atoms with E-state index in [-0.39, 0.29) is 5.92 Å². The molecule has 0 N–H and O–H groups in total. The molecule has 1 aromatic rings. The van der Waals surface area contributed by atoms with Crippen LogP contribution in [-0.2, 0) is 0 Å². The molecule has 3 heteroatoms. The summed E-state index contributed by atoms with van der Waals surface area (Å²) in [5.41, 5.74) is 0.634. The van der Waals surface area contributed by atoms with Crippen LogP contribution in [0.2, 0.25) is 0 Å². The first kappa shape index (κ1) is 18.8. The number of hydrogen-bond donors (Lipinski definition) is 0. The van der Waals surface area contributed by atoms with Crippen molar-refractivity contribution >= 4 is 0 Å². The highest BCUT2D eigenvalue weighted by Gasteiger charge is 2.28. The first-order valence-electron chi connectivity index (χ1n) is 10.2. The first-order valence-corrected chi connectivity index (χ1v) is 10.2. The van der Waals surface area contributed by atoms with Gasteiger partial charge in [-0.2, -0.15) is 0 Å². The lowest BCUT2D eigenvalue weighted by Crippen LogP contribution is -2.20. The third-order valence-corrected chi connectivity index (χ3v) is 6.65. The predicted molar refractivity (Wildman–Crippen MR) is 96.0 cm³/mol. The Hall–Kier alpha value is -0.990. The summed E-state index contributed by atoms with van der Waals surface area (Å²) < 4.78 is 40.0. The molecule has 25 heavy (non-hydrogen) atoms. The summed E-state index contributed by atoms with van der Waals surface area (Å²) in [4.78, 5) is 0. The SMILES string of the molecule is CCCC1CCC(CC2CCC(c3cc(F)c(F)c(F)c3)CC2)CC1. The van der Waals surface area contributed by atoms with E-state index < -0.39 is 17.5 Å². The molecule has 2 saturated carbocycles. The van der Waals surface area contributed by atoms with E-state index in [2.05, 4.69) is 6.92 Å². The summed E-state index contributed by atoms with van der Waals surface area (Å²) >= 11 is 0. The molecule has 0 radical (unpaired) electrons.